The van der Waals surface area contributed by atoms with Gasteiger partial charge in [0.25, 0.3) is 0 Å². The number of aliphatic hydroxyl groups excluding tert-OH is 1. The van der Waals surface area contributed by atoms with Crippen molar-refractivity contribution >= 4 is 5.69 Å². The van der Waals surface area contributed by atoms with Crippen molar-refractivity contribution in [2.45, 2.75) is 25.9 Å². The average molecular weight is 191 g/mol. The van der Waals surface area contributed by atoms with Gasteiger partial charge in [0, 0.05) is 18.8 Å². The minimum atomic E-state index is -0.149. The molecule has 0 aromatic heterocycles. The topological polar surface area (TPSA) is 23.5 Å². The molecule has 0 radical (unpaired) electrons. The number of piperidine rings is 1. The summed E-state index contributed by atoms with van der Waals surface area (Å²) < 4.78 is 0. The molecule has 0 saturated carbocycles. The van der Waals surface area contributed by atoms with Crippen LogP contribution >= 0.6 is 0 Å². The molecule has 1 atom stereocenters. The highest BCUT2D eigenvalue weighted by Gasteiger charge is 2.17. The van der Waals surface area contributed by atoms with E-state index in [2.05, 4.69) is 36.1 Å². The predicted octanol–water partition coefficient (Wildman–Crippen LogP) is 1.96. The lowest BCUT2D eigenvalue weighted by molar-refractivity contribution is 0.154. The van der Waals surface area contributed by atoms with Crippen LogP contribution in [0.15, 0.2) is 24.3 Å². The SMILES string of the molecule is Cc1cccc(N2CCCC(O)C2)c1. The summed E-state index contributed by atoms with van der Waals surface area (Å²) in [6.07, 6.45) is 1.89. The molecule has 1 aliphatic heterocycles. The molecule has 1 unspecified atom stereocenters. The Labute approximate surface area is 85.2 Å². The molecule has 0 aliphatic carbocycles. The molecule has 0 spiro atoms. The van der Waals surface area contributed by atoms with Crippen molar-refractivity contribution in [3.63, 3.8) is 0 Å². The third-order valence-corrected chi connectivity index (χ3v) is 2.76. The quantitative estimate of drug-likeness (QED) is 0.733. The number of aryl methyl sites for hydroxylation is 1. The van der Waals surface area contributed by atoms with E-state index in [1.54, 1.807) is 0 Å². The van der Waals surface area contributed by atoms with Crippen LogP contribution in [0.2, 0.25) is 0 Å². The van der Waals surface area contributed by atoms with Crippen LogP contribution in [0.4, 0.5) is 5.69 Å². The monoisotopic (exact) mass is 191 g/mol. The van der Waals surface area contributed by atoms with E-state index in [1.807, 2.05) is 0 Å². The summed E-state index contributed by atoms with van der Waals surface area (Å²) in [4.78, 5) is 2.27. The molecule has 1 saturated heterocycles. The fourth-order valence-electron chi connectivity index (χ4n) is 2.01. The molecule has 14 heavy (non-hydrogen) atoms. The maximum Gasteiger partial charge on any atom is 0.0715 e. The average Bonchev–Trinajstić information content (AvgIpc) is 2.18. The van der Waals surface area contributed by atoms with Crippen molar-refractivity contribution in [3.05, 3.63) is 29.8 Å². The van der Waals surface area contributed by atoms with E-state index in [4.69, 9.17) is 0 Å². The van der Waals surface area contributed by atoms with Gasteiger partial charge in [-0.15, -0.1) is 0 Å². The maximum absolute atomic E-state index is 9.57. The second kappa shape index (κ2) is 4.01. The lowest BCUT2D eigenvalue weighted by Gasteiger charge is -2.32. The summed E-state index contributed by atoms with van der Waals surface area (Å²) in [5.41, 5.74) is 2.52. The van der Waals surface area contributed by atoms with Gasteiger partial charge in [-0.25, -0.2) is 0 Å². The molecule has 1 aromatic carbocycles. The maximum atomic E-state index is 9.57. The zero-order chi connectivity index (χ0) is 9.97. The van der Waals surface area contributed by atoms with Crippen LogP contribution in [0.3, 0.4) is 0 Å². The van der Waals surface area contributed by atoms with Gasteiger partial charge in [0.05, 0.1) is 6.10 Å². The van der Waals surface area contributed by atoms with Crippen molar-refractivity contribution < 1.29 is 5.11 Å². The first kappa shape index (κ1) is 9.53. The van der Waals surface area contributed by atoms with E-state index in [9.17, 15) is 5.11 Å². The summed E-state index contributed by atoms with van der Waals surface area (Å²) in [5.74, 6) is 0. The van der Waals surface area contributed by atoms with Gasteiger partial charge in [-0.1, -0.05) is 12.1 Å². The van der Waals surface area contributed by atoms with Crippen LogP contribution in [0.1, 0.15) is 18.4 Å². The number of nitrogens with zero attached hydrogens (tertiary/aromatic N) is 1. The fraction of sp³-hybridized carbons (Fsp3) is 0.500. The van der Waals surface area contributed by atoms with Gasteiger partial charge >= 0.3 is 0 Å². The molecule has 2 nitrogen and oxygen atoms in total. The number of aliphatic hydroxyl groups is 1. The summed E-state index contributed by atoms with van der Waals surface area (Å²) >= 11 is 0. The Morgan fingerprint density at radius 3 is 3.00 bits per heavy atom. The Kier molecular flexibility index (Phi) is 2.73. The standard InChI is InChI=1S/C12H17NO/c1-10-4-2-5-11(8-10)13-7-3-6-12(14)9-13/h2,4-5,8,12,14H,3,6-7,9H2,1H3. The molecular weight excluding hydrogens is 174 g/mol. The van der Waals surface area contributed by atoms with Gasteiger partial charge in [-0.05, 0) is 37.5 Å². The normalized spacial score (nSPS) is 22.4. The Balaban J connectivity index is 2.14. The van der Waals surface area contributed by atoms with Gasteiger partial charge in [0.1, 0.15) is 0 Å². The zero-order valence-electron chi connectivity index (χ0n) is 8.61. The van der Waals surface area contributed by atoms with Crippen LogP contribution < -0.4 is 4.90 Å². The molecule has 0 amide bonds. The number of anilines is 1. The lowest BCUT2D eigenvalue weighted by Crippen LogP contribution is -2.38. The summed E-state index contributed by atoms with van der Waals surface area (Å²) in [6, 6.07) is 8.47. The first-order valence-electron chi connectivity index (χ1n) is 5.25. The largest absolute Gasteiger partial charge is 0.391 e. The van der Waals surface area contributed by atoms with Gasteiger partial charge in [0.2, 0.25) is 0 Å². The minimum absolute atomic E-state index is 0.149. The fourth-order valence-corrected chi connectivity index (χ4v) is 2.01. The van der Waals surface area contributed by atoms with Crippen LogP contribution in [0, 0.1) is 6.92 Å². The number of hydrogen-bond acceptors (Lipinski definition) is 2. The molecule has 1 heterocycles. The van der Waals surface area contributed by atoms with Gasteiger partial charge < -0.3 is 10.0 Å². The van der Waals surface area contributed by atoms with Crippen molar-refractivity contribution in [2.75, 3.05) is 18.0 Å². The molecule has 1 aliphatic rings. The number of rotatable bonds is 1. The van der Waals surface area contributed by atoms with E-state index >= 15 is 0 Å². The van der Waals surface area contributed by atoms with Gasteiger partial charge in [-0.3, -0.25) is 0 Å². The number of β-amino-alcohol motifs (C(OH)–C–C–N with tert-alkyl or cyclic N) is 1. The van der Waals surface area contributed by atoms with E-state index < -0.39 is 0 Å². The molecule has 1 N–H and O–H groups in total. The smallest absolute Gasteiger partial charge is 0.0715 e. The van der Waals surface area contributed by atoms with E-state index in [0.717, 1.165) is 25.9 Å². The van der Waals surface area contributed by atoms with Crippen LogP contribution in [0.5, 0.6) is 0 Å². The molecule has 1 fully saturated rings. The molecule has 2 heteroatoms. The van der Waals surface area contributed by atoms with Crippen molar-refractivity contribution in [3.8, 4) is 0 Å². The molecule has 0 bridgehead atoms. The highest BCUT2D eigenvalue weighted by Crippen LogP contribution is 2.20. The van der Waals surface area contributed by atoms with Gasteiger partial charge in [-0.2, -0.15) is 0 Å². The third-order valence-electron chi connectivity index (χ3n) is 2.76. The first-order chi connectivity index (χ1) is 6.75. The van der Waals surface area contributed by atoms with Crippen LogP contribution in [0.25, 0.3) is 0 Å². The van der Waals surface area contributed by atoms with Crippen molar-refractivity contribution in [1.29, 1.82) is 0 Å². The molecular formula is C12H17NO. The summed E-state index contributed by atoms with van der Waals surface area (Å²) in [6.45, 7) is 3.95. The van der Waals surface area contributed by atoms with E-state index in [-0.39, 0.29) is 6.10 Å². The Morgan fingerprint density at radius 2 is 2.29 bits per heavy atom. The first-order valence-corrected chi connectivity index (χ1v) is 5.25. The van der Waals surface area contributed by atoms with Crippen LogP contribution in [-0.2, 0) is 0 Å². The molecule has 2 rings (SSSR count). The highest BCUT2D eigenvalue weighted by atomic mass is 16.3. The third kappa shape index (κ3) is 2.07. The highest BCUT2D eigenvalue weighted by molar-refractivity contribution is 5.48. The second-order valence-corrected chi connectivity index (χ2v) is 4.08. The number of benzene rings is 1. The summed E-state index contributed by atoms with van der Waals surface area (Å²) in [5, 5.41) is 9.57. The number of hydrogen-bond donors (Lipinski definition) is 1. The van der Waals surface area contributed by atoms with Crippen LogP contribution in [-0.4, -0.2) is 24.3 Å². The van der Waals surface area contributed by atoms with E-state index in [0.29, 0.717) is 0 Å². The summed E-state index contributed by atoms with van der Waals surface area (Å²) in [7, 11) is 0. The van der Waals surface area contributed by atoms with E-state index in [1.165, 1.54) is 11.3 Å². The second-order valence-electron chi connectivity index (χ2n) is 4.08. The van der Waals surface area contributed by atoms with Gasteiger partial charge in [0.15, 0.2) is 0 Å². The predicted molar refractivity (Wildman–Crippen MR) is 58.6 cm³/mol. The molecule has 1 aromatic rings. The zero-order valence-corrected chi connectivity index (χ0v) is 8.61. The Morgan fingerprint density at radius 1 is 1.43 bits per heavy atom. The Hall–Kier alpha value is -1.02. The van der Waals surface area contributed by atoms with Crippen molar-refractivity contribution in [1.82, 2.24) is 0 Å². The lowest BCUT2D eigenvalue weighted by atomic mass is 10.1. The minimum Gasteiger partial charge on any atom is -0.391 e. The van der Waals surface area contributed by atoms with Crippen molar-refractivity contribution in [2.24, 2.45) is 0 Å². The Bertz CT molecular complexity index is 311. The molecule has 76 valence electrons.